The van der Waals surface area contributed by atoms with Crippen LogP contribution in [0.4, 0.5) is 0 Å². The van der Waals surface area contributed by atoms with Crippen molar-refractivity contribution in [2.24, 2.45) is 5.73 Å². The number of benzene rings is 1. The minimum absolute atomic E-state index is 0.186. The molecule has 1 heterocycles. The summed E-state index contributed by atoms with van der Waals surface area (Å²) >= 11 is 0. The third-order valence-electron chi connectivity index (χ3n) is 2.49. The second-order valence-corrected chi connectivity index (χ2v) is 3.81. The summed E-state index contributed by atoms with van der Waals surface area (Å²) in [6.45, 7) is 1.62. The van der Waals surface area contributed by atoms with Gasteiger partial charge in [0.25, 0.3) is 0 Å². The fraction of sp³-hybridized carbons (Fsp3) is 0.167. The summed E-state index contributed by atoms with van der Waals surface area (Å²) in [5, 5.41) is 0. The number of nitrogens with one attached hydrogen (secondary N) is 1. The molecule has 17 heavy (non-hydrogen) atoms. The van der Waals surface area contributed by atoms with Crippen molar-refractivity contribution in [3.63, 3.8) is 0 Å². The molecule has 0 aliphatic rings. The quantitative estimate of drug-likeness (QED) is 0.763. The summed E-state index contributed by atoms with van der Waals surface area (Å²) in [4.78, 5) is 26.0. The molecule has 0 fully saturated rings. The number of rotatable bonds is 3. The molecule has 0 amide bonds. The number of ketones is 1. The number of hydrogen-bond acceptors (Lipinski definition) is 3. The molecule has 5 nitrogen and oxygen atoms in total. The number of aromatic nitrogens is 2. The lowest BCUT2D eigenvalue weighted by atomic mass is 10.0. The van der Waals surface area contributed by atoms with Crippen LogP contribution in [0, 0.1) is 0 Å². The molecule has 1 aromatic heterocycles. The van der Waals surface area contributed by atoms with Gasteiger partial charge < -0.3 is 10.7 Å². The molecule has 0 spiro atoms. The van der Waals surface area contributed by atoms with Crippen LogP contribution in [0.15, 0.2) is 41.5 Å². The van der Waals surface area contributed by atoms with Gasteiger partial charge in [-0.3, -0.25) is 9.36 Å². The van der Waals surface area contributed by atoms with Crippen molar-refractivity contribution >= 4 is 5.78 Å². The van der Waals surface area contributed by atoms with Gasteiger partial charge >= 0.3 is 5.69 Å². The Morgan fingerprint density at radius 1 is 1.41 bits per heavy atom. The standard InChI is InChI=1S/C12H13N3O2/c1-8(13)11(16)9-4-2-3-5-10(9)15-7-6-14-12(15)17/h2-8H,13H2,1H3,(H,14,17). The predicted octanol–water partition coefficient (Wildman–Crippen LogP) is 0.696. The van der Waals surface area contributed by atoms with Crippen molar-refractivity contribution in [1.82, 2.24) is 9.55 Å². The average Bonchev–Trinajstić information content (AvgIpc) is 2.74. The lowest BCUT2D eigenvalue weighted by molar-refractivity contribution is 0.0968. The smallest absolute Gasteiger partial charge is 0.321 e. The molecule has 5 heteroatoms. The number of para-hydroxylation sites is 1. The molecule has 88 valence electrons. The Bertz CT molecular complexity index is 596. The van der Waals surface area contributed by atoms with Crippen molar-refractivity contribution in [2.45, 2.75) is 13.0 Å². The number of nitrogens with zero attached hydrogens (tertiary/aromatic N) is 1. The number of aromatic amines is 1. The fourth-order valence-corrected chi connectivity index (χ4v) is 1.65. The number of H-pyrrole nitrogens is 1. The van der Waals surface area contributed by atoms with Crippen LogP contribution >= 0.6 is 0 Å². The summed E-state index contributed by atoms with van der Waals surface area (Å²) in [6.07, 6.45) is 3.10. The van der Waals surface area contributed by atoms with Crippen LogP contribution in [0.2, 0.25) is 0 Å². The third kappa shape index (κ3) is 2.05. The van der Waals surface area contributed by atoms with E-state index in [4.69, 9.17) is 5.73 Å². The first kappa shape index (κ1) is 11.3. The maximum Gasteiger partial charge on any atom is 0.330 e. The molecule has 0 radical (unpaired) electrons. The van der Waals surface area contributed by atoms with Crippen LogP contribution < -0.4 is 11.4 Å². The van der Waals surface area contributed by atoms with Crippen LogP contribution in [0.1, 0.15) is 17.3 Å². The van der Waals surface area contributed by atoms with Crippen molar-refractivity contribution in [3.05, 3.63) is 52.7 Å². The highest BCUT2D eigenvalue weighted by atomic mass is 16.1. The van der Waals surface area contributed by atoms with E-state index in [2.05, 4.69) is 4.98 Å². The Kier molecular flexibility index (Phi) is 2.93. The summed E-state index contributed by atoms with van der Waals surface area (Å²) < 4.78 is 1.38. The lowest BCUT2D eigenvalue weighted by Gasteiger charge is -2.10. The molecule has 1 aromatic carbocycles. The van der Waals surface area contributed by atoms with Crippen LogP contribution in [0.5, 0.6) is 0 Å². The van der Waals surface area contributed by atoms with Crippen molar-refractivity contribution < 1.29 is 4.79 Å². The molecule has 0 saturated heterocycles. The summed E-state index contributed by atoms with van der Waals surface area (Å²) in [7, 11) is 0. The fourth-order valence-electron chi connectivity index (χ4n) is 1.65. The van der Waals surface area contributed by atoms with E-state index in [0.29, 0.717) is 11.3 Å². The molecule has 0 aliphatic carbocycles. The second kappa shape index (κ2) is 4.39. The monoisotopic (exact) mass is 231 g/mol. The minimum atomic E-state index is -0.592. The van der Waals surface area contributed by atoms with Gasteiger partial charge in [-0.25, -0.2) is 4.79 Å². The number of nitrogens with two attached hydrogens (primary N) is 1. The van der Waals surface area contributed by atoms with E-state index < -0.39 is 6.04 Å². The second-order valence-electron chi connectivity index (χ2n) is 3.81. The van der Waals surface area contributed by atoms with Crippen molar-refractivity contribution in [1.29, 1.82) is 0 Å². The number of carbonyl (C=O) groups is 1. The average molecular weight is 231 g/mol. The zero-order chi connectivity index (χ0) is 12.4. The molecule has 0 bridgehead atoms. The first-order chi connectivity index (χ1) is 8.11. The molecule has 1 unspecified atom stereocenters. The number of Topliss-reactive ketones (excluding diaryl/α,β-unsaturated/α-hetero) is 1. The third-order valence-corrected chi connectivity index (χ3v) is 2.49. The largest absolute Gasteiger partial charge is 0.330 e. The van der Waals surface area contributed by atoms with Gasteiger partial charge in [0, 0.05) is 18.0 Å². The maximum atomic E-state index is 11.9. The SMILES string of the molecule is CC(N)C(=O)c1ccccc1-n1cc[nH]c1=O. The molecule has 2 rings (SSSR count). The van der Waals surface area contributed by atoms with E-state index in [9.17, 15) is 9.59 Å². The zero-order valence-electron chi connectivity index (χ0n) is 9.38. The molecular weight excluding hydrogens is 218 g/mol. The van der Waals surface area contributed by atoms with Crippen LogP contribution in [-0.4, -0.2) is 21.4 Å². The molecule has 3 N–H and O–H groups in total. The summed E-state index contributed by atoms with van der Waals surface area (Å²) in [5.74, 6) is -0.186. The van der Waals surface area contributed by atoms with Gasteiger partial charge in [-0.05, 0) is 19.1 Å². The lowest BCUT2D eigenvalue weighted by Crippen LogP contribution is -2.28. The van der Waals surface area contributed by atoms with E-state index >= 15 is 0 Å². The van der Waals surface area contributed by atoms with Crippen LogP contribution in [-0.2, 0) is 0 Å². The van der Waals surface area contributed by atoms with Crippen LogP contribution in [0.3, 0.4) is 0 Å². The van der Waals surface area contributed by atoms with Gasteiger partial charge in [-0.2, -0.15) is 0 Å². The van der Waals surface area contributed by atoms with Gasteiger partial charge in [0.05, 0.1) is 11.7 Å². The molecule has 0 saturated carbocycles. The Morgan fingerprint density at radius 2 is 2.12 bits per heavy atom. The highest BCUT2D eigenvalue weighted by Crippen LogP contribution is 2.14. The van der Waals surface area contributed by atoms with E-state index in [-0.39, 0.29) is 11.5 Å². The Balaban J connectivity index is 2.60. The van der Waals surface area contributed by atoms with E-state index in [0.717, 1.165) is 0 Å². The summed E-state index contributed by atoms with van der Waals surface area (Å²) in [5.41, 5.74) is 6.29. The topological polar surface area (TPSA) is 80.9 Å². The molecular formula is C12H13N3O2. The van der Waals surface area contributed by atoms with Crippen molar-refractivity contribution in [2.75, 3.05) is 0 Å². The van der Waals surface area contributed by atoms with E-state index in [1.54, 1.807) is 37.4 Å². The number of carbonyl (C=O) groups excluding carboxylic acids is 1. The van der Waals surface area contributed by atoms with Gasteiger partial charge in [-0.15, -0.1) is 0 Å². The Hall–Kier alpha value is -2.14. The molecule has 2 aromatic rings. The van der Waals surface area contributed by atoms with E-state index in [1.165, 1.54) is 10.8 Å². The first-order valence-corrected chi connectivity index (χ1v) is 5.26. The first-order valence-electron chi connectivity index (χ1n) is 5.26. The van der Waals surface area contributed by atoms with Gasteiger partial charge in [0.1, 0.15) is 0 Å². The highest BCUT2D eigenvalue weighted by Gasteiger charge is 2.16. The van der Waals surface area contributed by atoms with Gasteiger partial charge in [0.2, 0.25) is 0 Å². The maximum absolute atomic E-state index is 11.9. The molecule has 0 aliphatic heterocycles. The number of imidazole rings is 1. The minimum Gasteiger partial charge on any atom is -0.321 e. The predicted molar refractivity (Wildman–Crippen MR) is 64.4 cm³/mol. The van der Waals surface area contributed by atoms with Gasteiger partial charge in [0.15, 0.2) is 5.78 Å². The van der Waals surface area contributed by atoms with Crippen molar-refractivity contribution in [3.8, 4) is 5.69 Å². The summed E-state index contributed by atoms with van der Waals surface area (Å²) in [6, 6.07) is 6.31. The van der Waals surface area contributed by atoms with E-state index in [1.807, 2.05) is 0 Å². The Morgan fingerprint density at radius 3 is 2.71 bits per heavy atom. The highest BCUT2D eigenvalue weighted by molar-refractivity contribution is 6.02. The normalized spacial score (nSPS) is 12.4. The number of hydrogen-bond donors (Lipinski definition) is 2. The van der Waals surface area contributed by atoms with Crippen LogP contribution in [0.25, 0.3) is 5.69 Å². The zero-order valence-corrected chi connectivity index (χ0v) is 9.38. The Labute approximate surface area is 97.9 Å². The van der Waals surface area contributed by atoms with Gasteiger partial charge in [-0.1, -0.05) is 12.1 Å². The molecule has 1 atom stereocenters.